The maximum Gasteiger partial charge on any atom is 0.323 e. The Morgan fingerprint density at radius 1 is 1.41 bits per heavy atom. The first-order valence-corrected chi connectivity index (χ1v) is 8.17. The molecule has 11 heteroatoms. The number of carbonyl (C=O) groups excluding carboxylic acids is 3. The Morgan fingerprint density at radius 3 is 2.74 bits per heavy atom. The van der Waals surface area contributed by atoms with Gasteiger partial charge in [0.2, 0.25) is 11.8 Å². The summed E-state index contributed by atoms with van der Waals surface area (Å²) >= 11 is 6.08. The molecule has 3 N–H and O–H groups in total. The zero-order chi connectivity index (χ0) is 19.0. The first-order valence-electron chi connectivity index (χ1n) is 7.79. The summed E-state index contributed by atoms with van der Waals surface area (Å²) in [6.45, 7) is 1.30. The van der Waals surface area contributed by atoms with E-state index in [0.29, 0.717) is 11.3 Å². The van der Waals surface area contributed by atoms with E-state index >= 15 is 0 Å². The van der Waals surface area contributed by atoms with Gasteiger partial charge < -0.3 is 15.0 Å². The number of halogens is 2. The zero-order valence-electron chi connectivity index (χ0n) is 14.1. The summed E-state index contributed by atoms with van der Waals surface area (Å²) in [7, 11) is 0. The van der Waals surface area contributed by atoms with Gasteiger partial charge in [-0.15, -0.1) is 12.4 Å². The van der Waals surface area contributed by atoms with Crippen LogP contribution in [0.5, 0.6) is 0 Å². The highest BCUT2D eigenvalue weighted by molar-refractivity contribution is 6.32. The number of hydrogen-bond donors (Lipinski definition) is 3. The zero-order valence-corrected chi connectivity index (χ0v) is 15.7. The number of aryl methyl sites for hydroxylation is 1. The molecule has 1 fully saturated rings. The SMILES string of the molecule is Cc1nc2c(C(=O)NC3CCC(=O)NC3=O)cc(Cl)cc2n1CC(=O)O.Cl. The number of hydrogen-bond acceptors (Lipinski definition) is 5. The molecular weight excluding hydrogens is 399 g/mol. The number of nitrogens with one attached hydrogen (secondary N) is 2. The van der Waals surface area contributed by atoms with E-state index in [1.165, 1.54) is 16.7 Å². The number of imidazole rings is 1. The first-order chi connectivity index (χ1) is 12.3. The Balaban J connectivity index is 0.00000261. The van der Waals surface area contributed by atoms with Crippen LogP contribution in [0.25, 0.3) is 11.0 Å². The number of carboxylic acid groups (broad SMARTS) is 1. The van der Waals surface area contributed by atoms with Crippen molar-refractivity contribution in [1.29, 1.82) is 0 Å². The van der Waals surface area contributed by atoms with Gasteiger partial charge in [0.05, 0.1) is 11.1 Å². The summed E-state index contributed by atoms with van der Waals surface area (Å²) in [6, 6.07) is 2.10. The number of imide groups is 1. The predicted molar refractivity (Wildman–Crippen MR) is 98.0 cm³/mol. The largest absolute Gasteiger partial charge is 0.480 e. The molecule has 1 unspecified atom stereocenters. The molecular formula is C16H16Cl2N4O5. The van der Waals surface area contributed by atoms with E-state index in [9.17, 15) is 19.2 Å². The summed E-state index contributed by atoms with van der Waals surface area (Å²) in [4.78, 5) is 51.0. The van der Waals surface area contributed by atoms with Crippen molar-refractivity contribution in [2.24, 2.45) is 0 Å². The highest BCUT2D eigenvalue weighted by Gasteiger charge is 2.29. The van der Waals surface area contributed by atoms with Gasteiger partial charge in [-0.05, 0) is 25.5 Å². The Hall–Kier alpha value is -2.65. The van der Waals surface area contributed by atoms with Crippen LogP contribution in [0.1, 0.15) is 29.0 Å². The Morgan fingerprint density at radius 2 is 2.11 bits per heavy atom. The van der Waals surface area contributed by atoms with Gasteiger partial charge in [0, 0.05) is 11.4 Å². The molecule has 1 atom stereocenters. The number of nitrogens with zero attached hydrogens (tertiary/aromatic N) is 2. The highest BCUT2D eigenvalue weighted by atomic mass is 35.5. The number of carbonyl (C=O) groups is 4. The summed E-state index contributed by atoms with van der Waals surface area (Å²) < 4.78 is 1.44. The fourth-order valence-electron chi connectivity index (χ4n) is 2.88. The first kappa shape index (κ1) is 20.7. The third-order valence-electron chi connectivity index (χ3n) is 4.09. The Kier molecular flexibility index (Phi) is 6.07. The van der Waals surface area contributed by atoms with Gasteiger partial charge in [0.25, 0.3) is 5.91 Å². The molecule has 27 heavy (non-hydrogen) atoms. The molecule has 1 aliphatic rings. The molecule has 9 nitrogen and oxygen atoms in total. The third kappa shape index (κ3) is 4.20. The van der Waals surface area contributed by atoms with Crippen LogP contribution in [-0.2, 0) is 20.9 Å². The lowest BCUT2D eigenvalue weighted by Gasteiger charge is -2.21. The second kappa shape index (κ2) is 7.93. The van der Waals surface area contributed by atoms with Crippen LogP contribution in [0, 0.1) is 6.92 Å². The maximum atomic E-state index is 12.6. The van der Waals surface area contributed by atoms with Crippen molar-refractivity contribution in [3.05, 3.63) is 28.5 Å². The number of amides is 3. The van der Waals surface area contributed by atoms with Gasteiger partial charge in [-0.2, -0.15) is 0 Å². The minimum Gasteiger partial charge on any atom is -0.480 e. The van der Waals surface area contributed by atoms with Crippen LogP contribution < -0.4 is 10.6 Å². The van der Waals surface area contributed by atoms with Gasteiger partial charge in [-0.1, -0.05) is 11.6 Å². The molecule has 3 rings (SSSR count). The third-order valence-corrected chi connectivity index (χ3v) is 4.31. The normalized spacial score (nSPS) is 16.6. The molecule has 0 aliphatic carbocycles. The Labute approximate surface area is 164 Å². The van der Waals surface area contributed by atoms with Crippen LogP contribution in [0.4, 0.5) is 0 Å². The molecule has 3 amide bonds. The molecule has 1 aromatic carbocycles. The Bertz CT molecular complexity index is 956. The van der Waals surface area contributed by atoms with Crippen molar-refractivity contribution < 1.29 is 24.3 Å². The lowest BCUT2D eigenvalue weighted by atomic mass is 10.1. The van der Waals surface area contributed by atoms with E-state index in [1.807, 2.05) is 0 Å². The summed E-state index contributed by atoms with van der Waals surface area (Å²) in [5.41, 5.74) is 0.827. The van der Waals surface area contributed by atoms with Crippen molar-refractivity contribution in [1.82, 2.24) is 20.2 Å². The second-order valence-corrected chi connectivity index (χ2v) is 6.37. The summed E-state index contributed by atoms with van der Waals surface area (Å²) in [5, 5.41) is 14.0. The maximum absolute atomic E-state index is 12.6. The monoisotopic (exact) mass is 414 g/mol. The second-order valence-electron chi connectivity index (χ2n) is 5.94. The van der Waals surface area contributed by atoms with Crippen molar-refractivity contribution >= 4 is 58.7 Å². The van der Waals surface area contributed by atoms with Crippen LogP contribution in [0.3, 0.4) is 0 Å². The number of rotatable bonds is 4. The van der Waals surface area contributed by atoms with Crippen molar-refractivity contribution in [3.8, 4) is 0 Å². The van der Waals surface area contributed by atoms with E-state index in [2.05, 4.69) is 15.6 Å². The smallest absolute Gasteiger partial charge is 0.323 e. The number of benzene rings is 1. The van der Waals surface area contributed by atoms with Crippen LogP contribution in [0.2, 0.25) is 5.02 Å². The van der Waals surface area contributed by atoms with Crippen LogP contribution >= 0.6 is 24.0 Å². The molecule has 0 radical (unpaired) electrons. The van der Waals surface area contributed by atoms with E-state index in [-0.39, 0.29) is 53.8 Å². The number of piperidine rings is 1. The van der Waals surface area contributed by atoms with Crippen molar-refractivity contribution in [2.75, 3.05) is 0 Å². The standard InChI is InChI=1S/C16H15ClN4O5.ClH/c1-7-18-14-9(4-8(17)5-11(14)21(7)6-13(23)24)15(25)19-10-2-3-12(22)20-16(10)26;/h4-5,10H,2-3,6H2,1H3,(H,19,25)(H,23,24)(H,20,22,26);1H. The van der Waals surface area contributed by atoms with E-state index < -0.39 is 23.8 Å². The minimum absolute atomic E-state index is 0. The number of aromatic nitrogens is 2. The van der Waals surface area contributed by atoms with E-state index in [4.69, 9.17) is 16.7 Å². The molecule has 144 valence electrons. The molecule has 2 heterocycles. The van der Waals surface area contributed by atoms with Crippen LogP contribution in [-0.4, -0.2) is 44.4 Å². The van der Waals surface area contributed by atoms with Gasteiger partial charge >= 0.3 is 5.97 Å². The molecule has 1 aromatic heterocycles. The summed E-state index contributed by atoms with van der Waals surface area (Å²) in [5.74, 6) is -2.16. The van der Waals surface area contributed by atoms with Crippen LogP contribution in [0.15, 0.2) is 12.1 Å². The number of aliphatic carboxylic acids is 1. The fourth-order valence-corrected chi connectivity index (χ4v) is 3.09. The molecule has 1 aliphatic heterocycles. The minimum atomic E-state index is -1.05. The number of carboxylic acids is 1. The highest BCUT2D eigenvalue weighted by Crippen LogP contribution is 2.25. The summed E-state index contributed by atoms with van der Waals surface area (Å²) in [6.07, 6.45) is 0.334. The fraction of sp³-hybridized carbons (Fsp3) is 0.312. The van der Waals surface area contributed by atoms with Gasteiger partial charge in [-0.25, -0.2) is 4.98 Å². The lowest BCUT2D eigenvalue weighted by molar-refractivity contribution is -0.138. The molecule has 0 bridgehead atoms. The molecule has 1 saturated heterocycles. The van der Waals surface area contributed by atoms with Crippen molar-refractivity contribution in [3.63, 3.8) is 0 Å². The van der Waals surface area contributed by atoms with Gasteiger partial charge in [0.15, 0.2) is 0 Å². The van der Waals surface area contributed by atoms with Gasteiger partial charge in [0.1, 0.15) is 23.9 Å². The average molecular weight is 415 g/mol. The molecule has 0 spiro atoms. The average Bonchev–Trinajstić information content (AvgIpc) is 2.85. The van der Waals surface area contributed by atoms with E-state index in [1.54, 1.807) is 6.92 Å². The quantitative estimate of drug-likeness (QED) is 0.640. The molecule has 0 saturated carbocycles. The van der Waals surface area contributed by atoms with Gasteiger partial charge in [-0.3, -0.25) is 24.5 Å². The van der Waals surface area contributed by atoms with E-state index in [0.717, 1.165) is 0 Å². The topological polar surface area (TPSA) is 130 Å². The number of fused-ring (bicyclic) bond motifs is 1. The lowest BCUT2D eigenvalue weighted by Crippen LogP contribution is -2.52. The van der Waals surface area contributed by atoms with Crippen molar-refractivity contribution in [2.45, 2.75) is 32.4 Å². The molecule has 2 aromatic rings. The predicted octanol–water partition coefficient (Wildman–Crippen LogP) is 1.04.